The zero-order valence-electron chi connectivity index (χ0n) is 13.8. The van der Waals surface area contributed by atoms with Gasteiger partial charge in [0.05, 0.1) is 5.56 Å². The van der Waals surface area contributed by atoms with Gasteiger partial charge in [-0.25, -0.2) is 4.98 Å². The molecular weight excluding hydrogens is 333 g/mol. The molecular formula is C18H19F3N2O2. The number of aromatic nitrogens is 1. The van der Waals surface area contributed by atoms with E-state index in [2.05, 4.69) is 4.98 Å². The number of alkyl halides is 3. The van der Waals surface area contributed by atoms with E-state index < -0.39 is 11.7 Å². The number of halogens is 3. The SMILES string of the molecule is CCC1CCCCN1C(=O)c1coc(-c2ccc(C(F)(F)F)cc2)n1. The maximum atomic E-state index is 12.7. The Labute approximate surface area is 143 Å². The van der Waals surface area contributed by atoms with Crippen LogP contribution in [0.3, 0.4) is 0 Å². The number of nitrogens with zero attached hydrogens (tertiary/aromatic N) is 2. The Morgan fingerprint density at radius 3 is 2.64 bits per heavy atom. The minimum absolute atomic E-state index is 0.141. The summed E-state index contributed by atoms with van der Waals surface area (Å²) in [5.74, 6) is -0.0457. The van der Waals surface area contributed by atoms with E-state index in [1.807, 2.05) is 11.8 Å². The van der Waals surface area contributed by atoms with Gasteiger partial charge in [0.15, 0.2) is 5.69 Å². The first-order valence-corrected chi connectivity index (χ1v) is 8.34. The standard InChI is InChI=1S/C18H19F3N2O2/c1-2-14-5-3-4-10-23(14)17(24)15-11-25-16(22-15)12-6-8-13(9-7-12)18(19,20)21/h6-9,11,14H,2-5,10H2,1H3. The second-order valence-corrected chi connectivity index (χ2v) is 6.17. The number of rotatable bonds is 3. The topological polar surface area (TPSA) is 46.3 Å². The van der Waals surface area contributed by atoms with Gasteiger partial charge >= 0.3 is 6.18 Å². The number of amides is 1. The molecule has 4 nitrogen and oxygen atoms in total. The van der Waals surface area contributed by atoms with Crippen LogP contribution in [0.5, 0.6) is 0 Å². The van der Waals surface area contributed by atoms with E-state index in [9.17, 15) is 18.0 Å². The monoisotopic (exact) mass is 352 g/mol. The Bertz CT molecular complexity index is 738. The van der Waals surface area contributed by atoms with Gasteiger partial charge < -0.3 is 9.32 Å². The number of carbonyl (C=O) groups is 1. The van der Waals surface area contributed by atoms with Crippen molar-refractivity contribution in [3.05, 3.63) is 41.8 Å². The number of carbonyl (C=O) groups excluding carboxylic acids is 1. The van der Waals surface area contributed by atoms with E-state index in [0.717, 1.165) is 37.8 Å². The zero-order chi connectivity index (χ0) is 18.0. The summed E-state index contributed by atoms with van der Waals surface area (Å²) in [6.45, 7) is 2.74. The van der Waals surface area contributed by atoms with Crippen LogP contribution >= 0.6 is 0 Å². The van der Waals surface area contributed by atoms with Crippen LogP contribution in [0.15, 0.2) is 34.9 Å². The lowest BCUT2D eigenvalue weighted by atomic mass is 10.00. The van der Waals surface area contributed by atoms with Crippen molar-refractivity contribution in [1.82, 2.24) is 9.88 Å². The quantitative estimate of drug-likeness (QED) is 0.800. The molecule has 134 valence electrons. The molecule has 25 heavy (non-hydrogen) atoms. The molecule has 0 aliphatic carbocycles. The van der Waals surface area contributed by atoms with Crippen molar-refractivity contribution in [3.8, 4) is 11.5 Å². The molecule has 0 saturated carbocycles. The van der Waals surface area contributed by atoms with Crippen LogP contribution in [-0.2, 0) is 6.18 Å². The van der Waals surface area contributed by atoms with Crippen molar-refractivity contribution in [3.63, 3.8) is 0 Å². The molecule has 1 aliphatic rings. The van der Waals surface area contributed by atoms with Gasteiger partial charge in [-0.05, 0) is 49.9 Å². The van der Waals surface area contributed by atoms with Crippen LogP contribution in [0, 0.1) is 0 Å². The Balaban J connectivity index is 1.79. The smallest absolute Gasteiger partial charge is 0.416 e. The fraction of sp³-hybridized carbons (Fsp3) is 0.444. The average molecular weight is 352 g/mol. The molecule has 1 atom stereocenters. The van der Waals surface area contributed by atoms with E-state index in [1.165, 1.54) is 18.4 Å². The van der Waals surface area contributed by atoms with Crippen molar-refractivity contribution in [2.24, 2.45) is 0 Å². The molecule has 1 amide bonds. The summed E-state index contributed by atoms with van der Waals surface area (Å²) in [6.07, 6.45) is 0.821. The predicted octanol–water partition coefficient (Wildman–Crippen LogP) is 4.77. The molecule has 1 fully saturated rings. The first kappa shape index (κ1) is 17.5. The average Bonchev–Trinajstić information content (AvgIpc) is 3.10. The molecule has 1 aromatic heterocycles. The second kappa shape index (κ2) is 6.90. The van der Waals surface area contributed by atoms with Crippen molar-refractivity contribution in [2.45, 2.75) is 44.8 Å². The Kier molecular flexibility index (Phi) is 4.83. The zero-order valence-corrected chi connectivity index (χ0v) is 13.8. The summed E-state index contributed by atoms with van der Waals surface area (Å²) in [5, 5.41) is 0. The van der Waals surface area contributed by atoms with Gasteiger partial charge in [-0.15, -0.1) is 0 Å². The van der Waals surface area contributed by atoms with E-state index >= 15 is 0 Å². The van der Waals surface area contributed by atoms with Gasteiger partial charge in [0, 0.05) is 18.2 Å². The molecule has 7 heteroatoms. The molecule has 3 rings (SSSR count). The molecule has 1 saturated heterocycles. The first-order valence-electron chi connectivity index (χ1n) is 8.34. The molecule has 0 radical (unpaired) electrons. The molecule has 2 aromatic rings. The van der Waals surface area contributed by atoms with Crippen LogP contribution in [0.25, 0.3) is 11.5 Å². The summed E-state index contributed by atoms with van der Waals surface area (Å²) < 4.78 is 43.2. The molecule has 1 aromatic carbocycles. The highest BCUT2D eigenvalue weighted by atomic mass is 19.4. The van der Waals surface area contributed by atoms with Gasteiger partial charge in [-0.3, -0.25) is 4.79 Å². The maximum Gasteiger partial charge on any atom is 0.416 e. The molecule has 0 spiro atoms. The molecule has 0 N–H and O–H groups in total. The summed E-state index contributed by atoms with van der Waals surface area (Å²) in [4.78, 5) is 18.6. The Hall–Kier alpha value is -2.31. The number of benzene rings is 1. The lowest BCUT2D eigenvalue weighted by Gasteiger charge is -2.34. The molecule has 0 bridgehead atoms. The molecule has 1 aliphatic heterocycles. The van der Waals surface area contributed by atoms with Crippen LogP contribution in [-0.4, -0.2) is 28.4 Å². The van der Waals surface area contributed by atoms with E-state index in [1.54, 1.807) is 0 Å². The molecule has 1 unspecified atom stereocenters. The van der Waals surface area contributed by atoms with Crippen LogP contribution in [0.1, 0.15) is 48.7 Å². The lowest BCUT2D eigenvalue weighted by Crippen LogP contribution is -2.43. The normalized spacial score (nSPS) is 18.4. The number of hydrogen-bond acceptors (Lipinski definition) is 3. The lowest BCUT2D eigenvalue weighted by molar-refractivity contribution is -0.137. The fourth-order valence-corrected chi connectivity index (χ4v) is 3.15. The fourth-order valence-electron chi connectivity index (χ4n) is 3.15. The molecule has 2 heterocycles. The third kappa shape index (κ3) is 3.70. The number of likely N-dealkylation sites (tertiary alicyclic amines) is 1. The first-order chi connectivity index (χ1) is 11.9. The van der Waals surface area contributed by atoms with E-state index in [0.29, 0.717) is 12.1 Å². The Morgan fingerprint density at radius 1 is 1.28 bits per heavy atom. The summed E-state index contributed by atoms with van der Waals surface area (Å²) in [6, 6.07) is 4.72. The van der Waals surface area contributed by atoms with Crippen molar-refractivity contribution in [2.75, 3.05) is 6.54 Å². The van der Waals surface area contributed by atoms with Gasteiger partial charge in [0.2, 0.25) is 5.89 Å². The van der Waals surface area contributed by atoms with Crippen molar-refractivity contribution >= 4 is 5.91 Å². The second-order valence-electron chi connectivity index (χ2n) is 6.17. The number of hydrogen-bond donors (Lipinski definition) is 0. The van der Waals surface area contributed by atoms with E-state index in [-0.39, 0.29) is 23.5 Å². The highest BCUT2D eigenvalue weighted by molar-refractivity contribution is 5.92. The third-order valence-corrected chi connectivity index (χ3v) is 4.54. The largest absolute Gasteiger partial charge is 0.444 e. The summed E-state index contributed by atoms with van der Waals surface area (Å²) in [5.41, 5.74) is -0.147. The van der Waals surface area contributed by atoms with Crippen LogP contribution in [0.4, 0.5) is 13.2 Å². The van der Waals surface area contributed by atoms with Crippen molar-refractivity contribution in [1.29, 1.82) is 0 Å². The summed E-state index contributed by atoms with van der Waals surface area (Å²) in [7, 11) is 0. The highest BCUT2D eigenvalue weighted by Gasteiger charge is 2.31. The van der Waals surface area contributed by atoms with Gasteiger partial charge in [0.25, 0.3) is 5.91 Å². The summed E-state index contributed by atoms with van der Waals surface area (Å²) >= 11 is 0. The number of piperidine rings is 1. The highest BCUT2D eigenvalue weighted by Crippen LogP contribution is 2.31. The van der Waals surface area contributed by atoms with Crippen molar-refractivity contribution < 1.29 is 22.4 Å². The minimum Gasteiger partial charge on any atom is -0.444 e. The maximum absolute atomic E-state index is 12.7. The van der Waals surface area contributed by atoms with Gasteiger partial charge in [0.1, 0.15) is 6.26 Å². The van der Waals surface area contributed by atoms with Crippen LogP contribution in [0.2, 0.25) is 0 Å². The predicted molar refractivity (Wildman–Crippen MR) is 85.9 cm³/mol. The van der Waals surface area contributed by atoms with E-state index in [4.69, 9.17) is 4.42 Å². The van der Waals surface area contributed by atoms with Gasteiger partial charge in [-0.1, -0.05) is 6.92 Å². The Morgan fingerprint density at radius 2 is 2.00 bits per heavy atom. The minimum atomic E-state index is -4.39. The third-order valence-electron chi connectivity index (χ3n) is 4.54. The van der Waals surface area contributed by atoms with Gasteiger partial charge in [-0.2, -0.15) is 13.2 Å². The van der Waals surface area contributed by atoms with Crippen LogP contribution < -0.4 is 0 Å². The number of oxazole rings is 1.